The van der Waals surface area contributed by atoms with Crippen molar-refractivity contribution in [1.82, 2.24) is 4.90 Å². The van der Waals surface area contributed by atoms with E-state index in [9.17, 15) is 4.79 Å². The summed E-state index contributed by atoms with van der Waals surface area (Å²) in [7, 11) is 1.79. The standard InChI is InChI=1S/C16H24N2O2/c1-20-15-7-9-18(10-8-16(17)19)12-14(15)11-13-5-3-2-4-6-13/h2-6,14-15H,7-12H2,1H3,(H2,17,19)/t14-,15+/m1/s1. The fraction of sp³-hybridized carbons (Fsp3) is 0.562. The zero-order valence-corrected chi connectivity index (χ0v) is 12.1. The molecule has 1 aliphatic heterocycles. The maximum absolute atomic E-state index is 10.9. The SMILES string of the molecule is CO[C@H]1CCN(CCC(N)=O)C[C@H]1Cc1ccccc1. The Morgan fingerprint density at radius 1 is 1.40 bits per heavy atom. The van der Waals surface area contributed by atoms with Gasteiger partial charge in [-0.3, -0.25) is 4.79 Å². The van der Waals surface area contributed by atoms with E-state index in [0.29, 0.717) is 18.4 Å². The Labute approximate surface area is 120 Å². The highest BCUT2D eigenvalue weighted by Crippen LogP contribution is 2.23. The number of amides is 1. The minimum Gasteiger partial charge on any atom is -0.381 e. The molecule has 2 atom stereocenters. The third-order valence-corrected chi connectivity index (χ3v) is 4.07. The van der Waals surface area contributed by atoms with Crippen molar-refractivity contribution in [2.75, 3.05) is 26.7 Å². The third-order valence-electron chi connectivity index (χ3n) is 4.07. The number of primary amides is 1. The van der Waals surface area contributed by atoms with Gasteiger partial charge in [-0.1, -0.05) is 30.3 Å². The number of hydrogen-bond acceptors (Lipinski definition) is 3. The normalized spacial score (nSPS) is 23.6. The van der Waals surface area contributed by atoms with Gasteiger partial charge in [-0.25, -0.2) is 0 Å². The Morgan fingerprint density at radius 2 is 2.15 bits per heavy atom. The number of hydrogen-bond donors (Lipinski definition) is 1. The van der Waals surface area contributed by atoms with Crippen LogP contribution >= 0.6 is 0 Å². The van der Waals surface area contributed by atoms with Crippen molar-refractivity contribution in [1.29, 1.82) is 0 Å². The minimum atomic E-state index is -0.224. The Bertz CT molecular complexity index is 422. The number of nitrogens with two attached hydrogens (primary N) is 1. The molecule has 0 unspecified atom stereocenters. The number of rotatable bonds is 6. The summed E-state index contributed by atoms with van der Waals surface area (Å²) in [6.07, 6.45) is 2.79. The fourth-order valence-electron chi connectivity index (χ4n) is 2.98. The van der Waals surface area contributed by atoms with Gasteiger partial charge in [0.15, 0.2) is 0 Å². The number of ether oxygens (including phenoxy) is 1. The molecular weight excluding hydrogens is 252 g/mol. The molecule has 0 bridgehead atoms. The molecular formula is C16H24N2O2. The second kappa shape index (κ2) is 7.41. The predicted molar refractivity (Wildman–Crippen MR) is 79.3 cm³/mol. The molecule has 1 aromatic carbocycles. The highest BCUT2D eigenvalue weighted by Gasteiger charge is 2.29. The van der Waals surface area contributed by atoms with Gasteiger partial charge < -0.3 is 15.4 Å². The van der Waals surface area contributed by atoms with Crippen LogP contribution in [-0.2, 0) is 16.0 Å². The van der Waals surface area contributed by atoms with Crippen LogP contribution in [0, 0.1) is 5.92 Å². The molecule has 1 aromatic rings. The fourth-order valence-corrected chi connectivity index (χ4v) is 2.98. The number of likely N-dealkylation sites (tertiary alicyclic amines) is 1. The van der Waals surface area contributed by atoms with Crippen LogP contribution in [0.25, 0.3) is 0 Å². The van der Waals surface area contributed by atoms with E-state index in [2.05, 4.69) is 29.2 Å². The Hall–Kier alpha value is -1.39. The average molecular weight is 276 g/mol. The minimum absolute atomic E-state index is 0.224. The van der Waals surface area contributed by atoms with Crippen LogP contribution in [0.4, 0.5) is 0 Å². The monoisotopic (exact) mass is 276 g/mol. The zero-order chi connectivity index (χ0) is 14.4. The van der Waals surface area contributed by atoms with E-state index in [1.165, 1.54) is 5.56 Å². The summed E-state index contributed by atoms with van der Waals surface area (Å²) in [5, 5.41) is 0. The van der Waals surface area contributed by atoms with Gasteiger partial charge in [0.05, 0.1) is 6.10 Å². The average Bonchev–Trinajstić information content (AvgIpc) is 2.46. The number of piperidine rings is 1. The first-order chi connectivity index (χ1) is 9.69. The zero-order valence-electron chi connectivity index (χ0n) is 12.1. The first kappa shape index (κ1) is 15.0. The largest absolute Gasteiger partial charge is 0.381 e. The van der Waals surface area contributed by atoms with E-state index < -0.39 is 0 Å². The van der Waals surface area contributed by atoms with E-state index in [-0.39, 0.29) is 5.91 Å². The molecule has 1 amide bonds. The van der Waals surface area contributed by atoms with Crippen molar-refractivity contribution in [3.05, 3.63) is 35.9 Å². The van der Waals surface area contributed by atoms with E-state index in [0.717, 1.165) is 32.5 Å². The lowest BCUT2D eigenvalue weighted by Crippen LogP contribution is -2.45. The van der Waals surface area contributed by atoms with Gasteiger partial charge in [-0.2, -0.15) is 0 Å². The second-order valence-corrected chi connectivity index (χ2v) is 5.53. The predicted octanol–water partition coefficient (Wildman–Crippen LogP) is 1.44. The van der Waals surface area contributed by atoms with E-state index in [1.54, 1.807) is 7.11 Å². The number of methoxy groups -OCH3 is 1. The smallest absolute Gasteiger partial charge is 0.218 e. The molecule has 4 heteroatoms. The maximum Gasteiger partial charge on any atom is 0.218 e. The first-order valence-electron chi connectivity index (χ1n) is 7.26. The van der Waals surface area contributed by atoms with Crippen molar-refractivity contribution < 1.29 is 9.53 Å². The molecule has 0 radical (unpaired) electrons. The number of benzene rings is 1. The summed E-state index contributed by atoms with van der Waals surface area (Å²) in [4.78, 5) is 13.2. The molecule has 110 valence electrons. The van der Waals surface area contributed by atoms with Gasteiger partial charge in [-0.05, 0) is 18.4 Å². The summed E-state index contributed by atoms with van der Waals surface area (Å²) < 4.78 is 5.63. The summed E-state index contributed by atoms with van der Waals surface area (Å²) in [5.74, 6) is 0.252. The molecule has 2 rings (SSSR count). The molecule has 0 aromatic heterocycles. The topological polar surface area (TPSA) is 55.6 Å². The molecule has 4 nitrogen and oxygen atoms in total. The van der Waals surface area contributed by atoms with Crippen LogP contribution in [0.2, 0.25) is 0 Å². The quantitative estimate of drug-likeness (QED) is 0.855. The van der Waals surface area contributed by atoms with Crippen LogP contribution in [0.5, 0.6) is 0 Å². The summed E-state index contributed by atoms with van der Waals surface area (Å²) in [6.45, 7) is 2.72. The van der Waals surface area contributed by atoms with E-state index >= 15 is 0 Å². The number of carbonyl (C=O) groups excluding carboxylic acids is 1. The van der Waals surface area contributed by atoms with Crippen molar-refractivity contribution in [2.45, 2.75) is 25.4 Å². The Balaban J connectivity index is 1.94. The molecule has 2 N–H and O–H groups in total. The van der Waals surface area contributed by atoms with Gasteiger partial charge in [0.1, 0.15) is 0 Å². The molecule has 1 heterocycles. The molecule has 1 aliphatic rings. The van der Waals surface area contributed by atoms with Crippen molar-refractivity contribution in [3.63, 3.8) is 0 Å². The van der Waals surface area contributed by atoms with Crippen LogP contribution in [0.3, 0.4) is 0 Å². The highest BCUT2D eigenvalue weighted by molar-refractivity contribution is 5.73. The molecule has 0 saturated carbocycles. The lowest BCUT2D eigenvalue weighted by molar-refractivity contribution is -0.118. The highest BCUT2D eigenvalue weighted by atomic mass is 16.5. The van der Waals surface area contributed by atoms with Gasteiger partial charge in [0.25, 0.3) is 0 Å². The maximum atomic E-state index is 10.9. The first-order valence-corrected chi connectivity index (χ1v) is 7.26. The van der Waals surface area contributed by atoms with E-state index in [4.69, 9.17) is 10.5 Å². The summed E-state index contributed by atoms with van der Waals surface area (Å²) >= 11 is 0. The van der Waals surface area contributed by atoms with Crippen LogP contribution in [0.1, 0.15) is 18.4 Å². The van der Waals surface area contributed by atoms with Crippen LogP contribution in [-0.4, -0.2) is 43.7 Å². The second-order valence-electron chi connectivity index (χ2n) is 5.53. The lowest BCUT2D eigenvalue weighted by Gasteiger charge is -2.38. The molecule has 1 saturated heterocycles. The van der Waals surface area contributed by atoms with Crippen LogP contribution in [0.15, 0.2) is 30.3 Å². The number of nitrogens with zero attached hydrogens (tertiary/aromatic N) is 1. The Morgan fingerprint density at radius 3 is 2.80 bits per heavy atom. The van der Waals surface area contributed by atoms with Gasteiger partial charge in [-0.15, -0.1) is 0 Å². The third kappa shape index (κ3) is 4.32. The van der Waals surface area contributed by atoms with Crippen molar-refractivity contribution in [3.8, 4) is 0 Å². The molecule has 1 fully saturated rings. The van der Waals surface area contributed by atoms with Crippen molar-refractivity contribution >= 4 is 5.91 Å². The van der Waals surface area contributed by atoms with E-state index in [1.807, 2.05) is 6.07 Å². The van der Waals surface area contributed by atoms with Gasteiger partial charge in [0, 0.05) is 39.1 Å². The van der Waals surface area contributed by atoms with Crippen LogP contribution < -0.4 is 5.73 Å². The summed E-state index contributed by atoms with van der Waals surface area (Å²) in [6, 6.07) is 10.5. The van der Waals surface area contributed by atoms with Gasteiger partial charge >= 0.3 is 0 Å². The molecule has 0 spiro atoms. The molecule has 0 aliphatic carbocycles. The summed E-state index contributed by atoms with van der Waals surface area (Å²) in [5.41, 5.74) is 6.57. The van der Waals surface area contributed by atoms with Crippen molar-refractivity contribution in [2.24, 2.45) is 11.7 Å². The lowest BCUT2D eigenvalue weighted by atomic mass is 9.88. The number of carbonyl (C=O) groups is 1. The molecule has 20 heavy (non-hydrogen) atoms. The Kier molecular flexibility index (Phi) is 5.56. The van der Waals surface area contributed by atoms with Gasteiger partial charge in [0.2, 0.25) is 5.91 Å².